The van der Waals surface area contributed by atoms with Crippen molar-refractivity contribution in [2.24, 2.45) is 0 Å². The van der Waals surface area contributed by atoms with Crippen molar-refractivity contribution in [3.05, 3.63) is 62.8 Å². The van der Waals surface area contributed by atoms with Gasteiger partial charge in [-0.15, -0.1) is 0 Å². The molecule has 0 fully saturated rings. The molecule has 110 valence electrons. The highest BCUT2D eigenvalue weighted by atomic mass is 16.6. The molecule has 0 aliphatic carbocycles. The number of rotatable bonds is 2. The molecule has 7 heteroatoms. The van der Waals surface area contributed by atoms with Crippen LogP contribution in [0.25, 0.3) is 22.1 Å². The lowest BCUT2D eigenvalue weighted by molar-refractivity contribution is -0.384. The molecular formula is C15H9NO6. The number of hydrogen-bond acceptors (Lipinski definition) is 6. The van der Waals surface area contributed by atoms with Gasteiger partial charge in [0, 0.05) is 12.1 Å². The molecule has 0 saturated heterocycles. The molecule has 0 unspecified atom stereocenters. The number of aromatic hydroxyl groups is 2. The van der Waals surface area contributed by atoms with Crippen LogP contribution in [0.4, 0.5) is 5.69 Å². The van der Waals surface area contributed by atoms with Crippen LogP contribution in [-0.2, 0) is 0 Å². The number of fused-ring (bicyclic) bond motifs is 1. The highest BCUT2D eigenvalue weighted by Crippen LogP contribution is 2.32. The first kappa shape index (κ1) is 13.6. The van der Waals surface area contributed by atoms with Crippen molar-refractivity contribution in [1.82, 2.24) is 0 Å². The zero-order valence-corrected chi connectivity index (χ0v) is 11.0. The molecular weight excluding hydrogens is 290 g/mol. The van der Waals surface area contributed by atoms with Gasteiger partial charge in [0.15, 0.2) is 0 Å². The van der Waals surface area contributed by atoms with Crippen LogP contribution in [0.3, 0.4) is 0 Å². The number of hydrogen-bond donors (Lipinski definition) is 2. The fraction of sp³-hybridized carbons (Fsp3) is 0. The summed E-state index contributed by atoms with van der Waals surface area (Å²) in [4.78, 5) is 22.5. The van der Waals surface area contributed by atoms with Gasteiger partial charge >= 0.3 is 0 Å². The quantitative estimate of drug-likeness (QED) is 0.555. The molecule has 22 heavy (non-hydrogen) atoms. The minimum absolute atomic E-state index is 0.0492. The molecule has 0 radical (unpaired) electrons. The molecule has 0 aliphatic heterocycles. The molecule has 2 N–H and O–H groups in total. The van der Waals surface area contributed by atoms with Gasteiger partial charge in [0.05, 0.1) is 4.92 Å². The van der Waals surface area contributed by atoms with Gasteiger partial charge in [-0.05, 0) is 29.8 Å². The van der Waals surface area contributed by atoms with Crippen LogP contribution in [0, 0.1) is 10.1 Å². The molecule has 3 aromatic rings. The minimum atomic E-state index is -0.620. The Morgan fingerprint density at radius 2 is 1.73 bits per heavy atom. The summed E-state index contributed by atoms with van der Waals surface area (Å²) >= 11 is 0. The van der Waals surface area contributed by atoms with E-state index in [2.05, 4.69) is 0 Å². The first-order valence-corrected chi connectivity index (χ1v) is 6.21. The molecule has 0 spiro atoms. The summed E-state index contributed by atoms with van der Waals surface area (Å²) in [6.45, 7) is 0. The Balaban J connectivity index is 2.29. The molecule has 1 aromatic heterocycles. The Labute approximate surface area is 122 Å². The van der Waals surface area contributed by atoms with Crippen LogP contribution in [-0.4, -0.2) is 15.1 Å². The third-order valence-corrected chi connectivity index (χ3v) is 3.25. The highest BCUT2D eigenvalue weighted by molar-refractivity contribution is 5.88. The Morgan fingerprint density at radius 1 is 1.05 bits per heavy atom. The lowest BCUT2D eigenvalue weighted by Crippen LogP contribution is -2.05. The summed E-state index contributed by atoms with van der Waals surface area (Å²) in [5, 5.41) is 30.3. The number of benzene rings is 2. The number of nitrogens with zero attached hydrogens (tertiary/aromatic N) is 1. The number of nitro benzene ring substituents is 1. The second-order valence-corrected chi connectivity index (χ2v) is 4.57. The zero-order valence-electron chi connectivity index (χ0n) is 11.0. The van der Waals surface area contributed by atoms with Gasteiger partial charge in [0.25, 0.3) is 11.6 Å². The van der Waals surface area contributed by atoms with E-state index >= 15 is 0 Å². The van der Waals surface area contributed by atoms with Crippen molar-refractivity contribution in [2.75, 3.05) is 0 Å². The Bertz CT molecular complexity index is 943. The third kappa shape index (κ3) is 2.05. The van der Waals surface area contributed by atoms with Gasteiger partial charge in [-0.1, -0.05) is 6.07 Å². The molecule has 0 amide bonds. The van der Waals surface area contributed by atoms with Crippen molar-refractivity contribution in [1.29, 1.82) is 0 Å². The largest absolute Gasteiger partial charge is 0.507 e. The molecule has 0 atom stereocenters. The minimum Gasteiger partial charge on any atom is -0.507 e. The first-order valence-electron chi connectivity index (χ1n) is 6.21. The monoisotopic (exact) mass is 299 g/mol. The van der Waals surface area contributed by atoms with Gasteiger partial charge in [0.1, 0.15) is 22.3 Å². The van der Waals surface area contributed by atoms with E-state index in [1.54, 1.807) is 0 Å². The standard InChI is InChI=1S/C15H9NO6/c17-10-2-1-3-11-13(10)14(18)12(15(19)22-11)8-4-6-9(7-5-8)16(20)21/h1-7,17,19H. The van der Waals surface area contributed by atoms with E-state index in [0.29, 0.717) is 0 Å². The maximum Gasteiger partial charge on any atom is 0.294 e. The number of non-ortho nitro benzene ring substituents is 1. The second kappa shape index (κ2) is 4.88. The van der Waals surface area contributed by atoms with Crippen molar-refractivity contribution in [3.63, 3.8) is 0 Å². The van der Waals surface area contributed by atoms with E-state index in [-0.39, 0.29) is 33.5 Å². The molecule has 0 bridgehead atoms. The van der Waals surface area contributed by atoms with Crippen LogP contribution >= 0.6 is 0 Å². The Hall–Kier alpha value is -3.35. The third-order valence-electron chi connectivity index (χ3n) is 3.25. The predicted molar refractivity (Wildman–Crippen MR) is 77.9 cm³/mol. The average molecular weight is 299 g/mol. The molecule has 2 aromatic carbocycles. The van der Waals surface area contributed by atoms with E-state index in [1.165, 1.54) is 42.5 Å². The Morgan fingerprint density at radius 3 is 2.36 bits per heavy atom. The van der Waals surface area contributed by atoms with Gasteiger partial charge in [-0.3, -0.25) is 14.9 Å². The van der Waals surface area contributed by atoms with Gasteiger partial charge in [0.2, 0.25) is 5.43 Å². The van der Waals surface area contributed by atoms with E-state index in [0.717, 1.165) is 0 Å². The Kier molecular flexibility index (Phi) is 3.03. The number of nitro groups is 1. The number of phenolic OH excluding ortho intramolecular Hbond substituents is 1. The van der Waals surface area contributed by atoms with Gasteiger partial charge in [-0.2, -0.15) is 0 Å². The maximum atomic E-state index is 12.5. The van der Waals surface area contributed by atoms with E-state index < -0.39 is 16.3 Å². The summed E-state index contributed by atoms with van der Waals surface area (Å²) in [5.74, 6) is -0.883. The van der Waals surface area contributed by atoms with Crippen LogP contribution in [0.2, 0.25) is 0 Å². The maximum absolute atomic E-state index is 12.5. The van der Waals surface area contributed by atoms with Crippen molar-refractivity contribution in [3.8, 4) is 22.8 Å². The summed E-state index contributed by atoms with van der Waals surface area (Å²) in [6.07, 6.45) is 0. The van der Waals surface area contributed by atoms with Crippen LogP contribution in [0.5, 0.6) is 11.7 Å². The number of phenols is 1. The highest BCUT2D eigenvalue weighted by Gasteiger charge is 2.18. The van der Waals surface area contributed by atoms with Gasteiger partial charge < -0.3 is 14.6 Å². The van der Waals surface area contributed by atoms with Crippen LogP contribution in [0.1, 0.15) is 0 Å². The normalized spacial score (nSPS) is 10.7. The molecule has 0 aliphatic rings. The van der Waals surface area contributed by atoms with E-state index in [4.69, 9.17) is 4.42 Å². The van der Waals surface area contributed by atoms with Crippen LogP contribution < -0.4 is 5.43 Å². The lowest BCUT2D eigenvalue weighted by atomic mass is 10.0. The smallest absolute Gasteiger partial charge is 0.294 e. The summed E-state index contributed by atoms with van der Waals surface area (Å²) < 4.78 is 5.15. The first-order chi connectivity index (χ1) is 10.5. The zero-order chi connectivity index (χ0) is 15.9. The average Bonchev–Trinajstić information content (AvgIpc) is 2.47. The topological polar surface area (TPSA) is 114 Å². The van der Waals surface area contributed by atoms with Crippen molar-refractivity contribution >= 4 is 16.7 Å². The summed E-state index contributed by atoms with van der Waals surface area (Å²) in [6, 6.07) is 9.33. The summed E-state index contributed by atoms with van der Waals surface area (Å²) in [7, 11) is 0. The van der Waals surface area contributed by atoms with Crippen molar-refractivity contribution in [2.45, 2.75) is 0 Å². The lowest BCUT2D eigenvalue weighted by Gasteiger charge is -2.06. The fourth-order valence-corrected chi connectivity index (χ4v) is 2.21. The SMILES string of the molecule is O=c1c(-c2ccc([N+](=O)[O-])cc2)c(O)oc2cccc(O)c12. The summed E-state index contributed by atoms with van der Waals surface area (Å²) in [5.41, 5.74) is -0.624. The molecule has 7 nitrogen and oxygen atoms in total. The second-order valence-electron chi connectivity index (χ2n) is 4.57. The molecule has 0 saturated carbocycles. The molecule has 3 rings (SSSR count). The predicted octanol–water partition coefficient (Wildman–Crippen LogP) is 2.78. The fourth-order valence-electron chi connectivity index (χ4n) is 2.21. The van der Waals surface area contributed by atoms with E-state index in [9.17, 15) is 25.1 Å². The van der Waals surface area contributed by atoms with E-state index in [1.807, 2.05) is 0 Å². The van der Waals surface area contributed by atoms with Gasteiger partial charge in [-0.25, -0.2) is 0 Å². The van der Waals surface area contributed by atoms with Crippen LogP contribution in [0.15, 0.2) is 51.7 Å². The molecule has 1 heterocycles. The van der Waals surface area contributed by atoms with Crippen molar-refractivity contribution < 1.29 is 19.6 Å².